The number of amides is 1. The van der Waals surface area contributed by atoms with Crippen LogP contribution in [-0.2, 0) is 19.6 Å². The lowest BCUT2D eigenvalue weighted by Gasteiger charge is -2.32. The van der Waals surface area contributed by atoms with Gasteiger partial charge in [-0.05, 0) is 88.8 Å². The molecule has 1 aliphatic rings. The summed E-state index contributed by atoms with van der Waals surface area (Å²) in [4.78, 5) is 28.4. The molecular formula is C29H36N4O5S. The Hall–Kier alpha value is -3.66. The van der Waals surface area contributed by atoms with Crippen molar-refractivity contribution in [3.05, 3.63) is 66.4 Å². The monoisotopic (exact) mass is 552 g/mol. The minimum atomic E-state index is -3.73. The Morgan fingerprint density at radius 3 is 2.28 bits per heavy atom. The molecule has 1 heterocycles. The summed E-state index contributed by atoms with van der Waals surface area (Å²) in [5.74, 6) is 0.178. The smallest absolute Gasteiger partial charge is 0.343 e. The van der Waals surface area contributed by atoms with Crippen LogP contribution in [0.1, 0.15) is 63.7 Å². The number of carbonyl (C=O) groups is 2. The average Bonchev–Trinajstić information content (AvgIpc) is 3.35. The zero-order chi connectivity index (χ0) is 28.2. The van der Waals surface area contributed by atoms with Crippen molar-refractivity contribution in [1.82, 2.24) is 9.78 Å². The van der Waals surface area contributed by atoms with Crippen molar-refractivity contribution in [1.29, 1.82) is 0 Å². The molecule has 1 amide bonds. The largest absolute Gasteiger partial charge is 0.462 e. The molecule has 1 saturated carbocycles. The normalized spacial score (nSPS) is 17.6. The third-order valence-electron chi connectivity index (χ3n) is 6.97. The third kappa shape index (κ3) is 6.50. The van der Waals surface area contributed by atoms with Crippen LogP contribution in [0.2, 0.25) is 0 Å². The fraction of sp³-hybridized carbons (Fsp3) is 0.414. The number of aromatic nitrogens is 2. The summed E-state index contributed by atoms with van der Waals surface area (Å²) < 4.78 is 34.7. The first-order chi connectivity index (χ1) is 18.6. The molecule has 2 aromatic carbocycles. The number of rotatable bonds is 9. The topological polar surface area (TPSA) is 111 Å². The standard InChI is InChI=1S/C29H36N4O5S/c1-5-38-29(35)26-19-32(30-27(26)33(20(2)3)28(34)22-13-11-21(4)12-14-22)24-17-15-23(16-18-24)31-39(36,37)25-9-7-6-8-10-25/h6-10,15-22,31H,5,11-14H2,1-4H3. The van der Waals surface area contributed by atoms with Gasteiger partial charge < -0.3 is 4.74 Å². The van der Waals surface area contributed by atoms with Gasteiger partial charge in [0.1, 0.15) is 5.56 Å². The van der Waals surface area contributed by atoms with E-state index in [0.29, 0.717) is 17.3 Å². The van der Waals surface area contributed by atoms with E-state index in [1.54, 1.807) is 60.5 Å². The summed E-state index contributed by atoms with van der Waals surface area (Å²) in [6.07, 6.45) is 5.20. The second-order valence-corrected chi connectivity index (χ2v) is 11.9. The lowest BCUT2D eigenvalue weighted by Crippen LogP contribution is -2.43. The number of hydrogen-bond acceptors (Lipinski definition) is 6. The lowest BCUT2D eigenvalue weighted by molar-refractivity contribution is -0.124. The van der Waals surface area contributed by atoms with Gasteiger partial charge in [-0.15, -0.1) is 5.10 Å². The van der Waals surface area contributed by atoms with Crippen molar-refractivity contribution in [3.8, 4) is 5.69 Å². The maximum absolute atomic E-state index is 13.7. The summed E-state index contributed by atoms with van der Waals surface area (Å²) in [6, 6.07) is 14.5. The van der Waals surface area contributed by atoms with Crippen LogP contribution in [0, 0.1) is 11.8 Å². The number of nitrogens with one attached hydrogen (secondary N) is 1. The fourth-order valence-electron chi connectivity index (χ4n) is 4.83. The number of nitrogens with zero attached hydrogens (tertiary/aromatic N) is 3. The highest BCUT2D eigenvalue weighted by Gasteiger charge is 2.34. The van der Waals surface area contributed by atoms with E-state index in [2.05, 4.69) is 16.7 Å². The number of sulfonamides is 1. The molecule has 10 heteroatoms. The summed E-state index contributed by atoms with van der Waals surface area (Å²) in [6.45, 7) is 7.94. The Bertz CT molecular complexity index is 1390. The molecular weight excluding hydrogens is 516 g/mol. The van der Waals surface area contributed by atoms with Gasteiger partial charge in [0.25, 0.3) is 10.0 Å². The predicted octanol–water partition coefficient (Wildman–Crippen LogP) is 5.42. The van der Waals surface area contributed by atoms with Gasteiger partial charge in [-0.25, -0.2) is 17.9 Å². The van der Waals surface area contributed by atoms with E-state index in [1.165, 1.54) is 16.8 Å². The molecule has 3 aromatic rings. The lowest BCUT2D eigenvalue weighted by atomic mass is 9.82. The number of ether oxygens (including phenoxy) is 1. The van der Waals surface area contributed by atoms with Crippen molar-refractivity contribution >= 4 is 33.4 Å². The minimum Gasteiger partial charge on any atom is -0.462 e. The van der Waals surface area contributed by atoms with Gasteiger partial charge in [-0.1, -0.05) is 25.1 Å². The summed E-state index contributed by atoms with van der Waals surface area (Å²) in [5.41, 5.74) is 1.18. The van der Waals surface area contributed by atoms with Gasteiger partial charge in [-0.2, -0.15) is 0 Å². The van der Waals surface area contributed by atoms with Crippen LogP contribution in [0.25, 0.3) is 5.69 Å². The quantitative estimate of drug-likeness (QED) is 0.355. The first-order valence-corrected chi connectivity index (χ1v) is 14.9. The Labute approximate surface area is 230 Å². The maximum atomic E-state index is 13.7. The molecule has 1 N–H and O–H groups in total. The Morgan fingerprint density at radius 2 is 1.69 bits per heavy atom. The molecule has 0 saturated heterocycles. The van der Waals surface area contributed by atoms with E-state index >= 15 is 0 Å². The van der Waals surface area contributed by atoms with E-state index in [9.17, 15) is 18.0 Å². The molecule has 4 rings (SSSR count). The molecule has 0 spiro atoms. The van der Waals surface area contributed by atoms with Crippen LogP contribution < -0.4 is 9.62 Å². The first kappa shape index (κ1) is 28.4. The van der Waals surface area contributed by atoms with Gasteiger partial charge in [0.05, 0.1) is 17.2 Å². The van der Waals surface area contributed by atoms with Crippen molar-refractivity contribution in [2.75, 3.05) is 16.2 Å². The molecule has 1 aliphatic carbocycles. The number of anilines is 2. The minimum absolute atomic E-state index is 0.0293. The molecule has 0 aliphatic heterocycles. The number of benzene rings is 2. The number of esters is 1. The summed E-state index contributed by atoms with van der Waals surface area (Å²) in [5, 5.41) is 4.67. The van der Waals surface area contributed by atoms with E-state index in [1.807, 2.05) is 13.8 Å². The van der Waals surface area contributed by atoms with Crippen LogP contribution in [0.4, 0.5) is 11.5 Å². The Kier molecular flexibility index (Phi) is 8.74. The second kappa shape index (κ2) is 12.0. The van der Waals surface area contributed by atoms with Gasteiger partial charge in [0.15, 0.2) is 5.82 Å². The van der Waals surface area contributed by atoms with Crippen LogP contribution in [0.3, 0.4) is 0 Å². The molecule has 0 unspecified atom stereocenters. The fourth-order valence-corrected chi connectivity index (χ4v) is 5.91. The molecule has 208 valence electrons. The van der Waals surface area contributed by atoms with Crippen LogP contribution in [-0.4, -0.2) is 42.7 Å². The molecule has 9 nitrogen and oxygen atoms in total. The zero-order valence-electron chi connectivity index (χ0n) is 22.8. The predicted molar refractivity (Wildman–Crippen MR) is 151 cm³/mol. The van der Waals surface area contributed by atoms with Crippen molar-refractivity contribution in [3.63, 3.8) is 0 Å². The Morgan fingerprint density at radius 1 is 1.05 bits per heavy atom. The average molecular weight is 553 g/mol. The molecule has 39 heavy (non-hydrogen) atoms. The summed E-state index contributed by atoms with van der Waals surface area (Å²) >= 11 is 0. The second-order valence-electron chi connectivity index (χ2n) is 10.3. The molecule has 0 bridgehead atoms. The highest BCUT2D eigenvalue weighted by atomic mass is 32.2. The van der Waals surface area contributed by atoms with Crippen molar-refractivity contribution in [2.45, 2.75) is 64.3 Å². The van der Waals surface area contributed by atoms with E-state index in [0.717, 1.165) is 25.7 Å². The zero-order valence-corrected chi connectivity index (χ0v) is 23.6. The molecule has 1 fully saturated rings. The van der Waals surface area contributed by atoms with Crippen molar-refractivity contribution in [2.24, 2.45) is 11.8 Å². The number of hydrogen-bond donors (Lipinski definition) is 1. The molecule has 1 aromatic heterocycles. The summed E-state index contributed by atoms with van der Waals surface area (Å²) in [7, 11) is -3.73. The first-order valence-electron chi connectivity index (χ1n) is 13.4. The molecule has 0 atom stereocenters. The third-order valence-corrected chi connectivity index (χ3v) is 8.37. The van der Waals surface area contributed by atoms with Crippen molar-refractivity contribution < 1.29 is 22.7 Å². The maximum Gasteiger partial charge on any atom is 0.343 e. The van der Waals surface area contributed by atoms with E-state index < -0.39 is 16.0 Å². The highest BCUT2D eigenvalue weighted by Crippen LogP contribution is 2.33. The van der Waals surface area contributed by atoms with Crippen LogP contribution in [0.15, 0.2) is 65.7 Å². The SMILES string of the molecule is CCOC(=O)c1cn(-c2ccc(NS(=O)(=O)c3ccccc3)cc2)nc1N(C(=O)C1CCC(C)CC1)C(C)C. The number of carbonyl (C=O) groups excluding carboxylic acids is 2. The van der Waals surface area contributed by atoms with E-state index in [4.69, 9.17) is 4.74 Å². The van der Waals surface area contributed by atoms with Crippen LogP contribution in [0.5, 0.6) is 0 Å². The van der Waals surface area contributed by atoms with E-state index in [-0.39, 0.29) is 40.8 Å². The highest BCUT2D eigenvalue weighted by molar-refractivity contribution is 7.92. The van der Waals surface area contributed by atoms with Gasteiger partial charge in [-0.3, -0.25) is 14.4 Å². The van der Waals surface area contributed by atoms with Gasteiger partial charge >= 0.3 is 5.97 Å². The Balaban J connectivity index is 1.64. The molecule has 0 radical (unpaired) electrons. The van der Waals surface area contributed by atoms with Gasteiger partial charge in [0, 0.05) is 23.8 Å². The van der Waals surface area contributed by atoms with Crippen LogP contribution >= 0.6 is 0 Å². The van der Waals surface area contributed by atoms with Gasteiger partial charge in [0.2, 0.25) is 5.91 Å².